The summed E-state index contributed by atoms with van der Waals surface area (Å²) in [5.41, 5.74) is 1.73. The minimum absolute atomic E-state index is 0.0242. The predicted molar refractivity (Wildman–Crippen MR) is 132 cm³/mol. The van der Waals surface area contributed by atoms with Crippen LogP contribution in [0.4, 0.5) is 4.39 Å². The molecule has 1 aliphatic rings. The predicted octanol–water partition coefficient (Wildman–Crippen LogP) is 3.28. The molecule has 36 heavy (non-hydrogen) atoms. The number of hydrogen-bond donors (Lipinski definition) is 1. The Morgan fingerprint density at radius 3 is 2.72 bits per heavy atom. The van der Waals surface area contributed by atoms with Gasteiger partial charge in [0.25, 0.3) is 11.8 Å². The monoisotopic (exact) mass is 492 g/mol. The van der Waals surface area contributed by atoms with E-state index in [1.54, 1.807) is 55.7 Å². The summed E-state index contributed by atoms with van der Waals surface area (Å²) in [5, 5.41) is 9.83. The fourth-order valence-corrected chi connectivity index (χ4v) is 4.20. The molecule has 2 amide bonds. The minimum atomic E-state index is -0.593. The molecule has 0 fully saturated rings. The van der Waals surface area contributed by atoms with Crippen molar-refractivity contribution in [3.63, 3.8) is 0 Å². The van der Waals surface area contributed by atoms with Crippen LogP contribution in [-0.4, -0.2) is 75.6 Å². The molecule has 1 N–H and O–H groups in total. The van der Waals surface area contributed by atoms with Crippen LogP contribution in [0.15, 0.2) is 61.1 Å². The molecule has 0 radical (unpaired) electrons. The molecule has 1 aromatic carbocycles. The maximum atomic E-state index is 14.2. The number of nitrogens with zero attached hydrogens (tertiary/aromatic N) is 4. The van der Waals surface area contributed by atoms with Crippen molar-refractivity contribution < 1.29 is 23.8 Å². The summed E-state index contributed by atoms with van der Waals surface area (Å²) in [5.74, 6) is -1.43. The Hall–Kier alpha value is -3.85. The molecular formula is C27H29FN4O4. The third kappa shape index (κ3) is 5.21. The molecule has 0 saturated carbocycles. The first-order valence-electron chi connectivity index (χ1n) is 11.8. The second-order valence-electron chi connectivity index (χ2n) is 9.11. The van der Waals surface area contributed by atoms with Crippen LogP contribution in [-0.2, 0) is 0 Å². The maximum Gasteiger partial charge on any atom is 0.259 e. The SMILES string of the molecule is C[C@H]1CN([C@@H](C)CO)C(=O)c2cc(-c3cccnc3)cnc2O[C@@H]1CN(C)C(=O)c1ccccc1F. The second-order valence-corrected chi connectivity index (χ2v) is 9.11. The van der Waals surface area contributed by atoms with Crippen molar-refractivity contribution in [1.29, 1.82) is 0 Å². The summed E-state index contributed by atoms with van der Waals surface area (Å²) in [6.07, 6.45) is 4.41. The molecule has 4 rings (SSSR count). The van der Waals surface area contributed by atoms with Gasteiger partial charge in [0.2, 0.25) is 5.88 Å². The van der Waals surface area contributed by atoms with Crippen LogP contribution in [0.2, 0.25) is 0 Å². The normalized spacial score (nSPS) is 18.5. The van der Waals surface area contributed by atoms with Crippen LogP contribution in [0.25, 0.3) is 11.1 Å². The second kappa shape index (κ2) is 10.8. The Morgan fingerprint density at radius 2 is 2.03 bits per heavy atom. The van der Waals surface area contributed by atoms with E-state index in [2.05, 4.69) is 9.97 Å². The Kier molecular flexibility index (Phi) is 7.59. The fraction of sp³-hybridized carbons (Fsp3) is 0.333. The lowest BCUT2D eigenvalue weighted by Gasteiger charge is -2.37. The lowest BCUT2D eigenvalue weighted by molar-refractivity contribution is 0.0312. The van der Waals surface area contributed by atoms with Crippen molar-refractivity contribution in [2.24, 2.45) is 5.92 Å². The van der Waals surface area contributed by atoms with E-state index in [9.17, 15) is 19.1 Å². The van der Waals surface area contributed by atoms with Crippen molar-refractivity contribution in [1.82, 2.24) is 19.8 Å². The van der Waals surface area contributed by atoms with Crippen molar-refractivity contribution >= 4 is 11.8 Å². The lowest BCUT2D eigenvalue weighted by Crippen LogP contribution is -2.50. The number of hydrogen-bond acceptors (Lipinski definition) is 6. The number of aliphatic hydroxyl groups is 1. The van der Waals surface area contributed by atoms with Crippen LogP contribution in [0.1, 0.15) is 34.6 Å². The van der Waals surface area contributed by atoms with E-state index in [4.69, 9.17) is 4.74 Å². The fourth-order valence-electron chi connectivity index (χ4n) is 4.20. The van der Waals surface area contributed by atoms with Gasteiger partial charge in [0.05, 0.1) is 24.8 Å². The van der Waals surface area contributed by atoms with E-state index in [1.165, 1.54) is 23.1 Å². The number of pyridine rings is 2. The third-order valence-corrected chi connectivity index (χ3v) is 6.42. The average Bonchev–Trinajstić information content (AvgIpc) is 2.90. The van der Waals surface area contributed by atoms with Crippen molar-refractivity contribution in [2.75, 3.05) is 26.7 Å². The van der Waals surface area contributed by atoms with Gasteiger partial charge < -0.3 is 19.6 Å². The molecule has 3 aromatic rings. The van der Waals surface area contributed by atoms with Gasteiger partial charge in [-0.3, -0.25) is 14.6 Å². The van der Waals surface area contributed by atoms with Crippen LogP contribution >= 0.6 is 0 Å². The van der Waals surface area contributed by atoms with Crippen molar-refractivity contribution in [2.45, 2.75) is 26.0 Å². The number of benzene rings is 1. The lowest BCUT2D eigenvalue weighted by atomic mass is 9.99. The number of ether oxygens (including phenoxy) is 1. The number of rotatable bonds is 6. The highest BCUT2D eigenvalue weighted by atomic mass is 19.1. The van der Waals surface area contributed by atoms with Crippen LogP contribution < -0.4 is 4.74 Å². The highest BCUT2D eigenvalue weighted by molar-refractivity contribution is 5.98. The number of carbonyl (C=O) groups is 2. The van der Waals surface area contributed by atoms with Gasteiger partial charge in [0.15, 0.2) is 0 Å². The number of carbonyl (C=O) groups excluding carboxylic acids is 2. The molecule has 9 heteroatoms. The zero-order valence-corrected chi connectivity index (χ0v) is 20.5. The zero-order valence-electron chi connectivity index (χ0n) is 20.5. The topological polar surface area (TPSA) is 95.9 Å². The van der Waals surface area contributed by atoms with E-state index in [0.29, 0.717) is 12.1 Å². The maximum absolute atomic E-state index is 14.2. The number of fused-ring (bicyclic) bond motifs is 1. The van der Waals surface area contributed by atoms with Gasteiger partial charge in [0.1, 0.15) is 17.5 Å². The molecule has 2 aromatic heterocycles. The number of aromatic nitrogens is 2. The molecule has 3 atom stereocenters. The molecule has 8 nitrogen and oxygen atoms in total. The zero-order chi connectivity index (χ0) is 25.8. The molecule has 0 spiro atoms. The van der Waals surface area contributed by atoms with Gasteiger partial charge in [-0.2, -0.15) is 0 Å². The summed E-state index contributed by atoms with van der Waals surface area (Å²) in [4.78, 5) is 38.1. The Balaban J connectivity index is 1.68. The summed E-state index contributed by atoms with van der Waals surface area (Å²) < 4.78 is 20.4. The molecule has 0 unspecified atom stereocenters. The van der Waals surface area contributed by atoms with E-state index in [1.807, 2.05) is 13.0 Å². The first-order valence-corrected chi connectivity index (χ1v) is 11.8. The van der Waals surface area contributed by atoms with E-state index in [-0.39, 0.29) is 42.0 Å². The molecule has 0 saturated heterocycles. The Bertz CT molecular complexity index is 1240. The van der Waals surface area contributed by atoms with E-state index in [0.717, 1.165) is 5.56 Å². The van der Waals surface area contributed by atoms with Crippen LogP contribution in [0.3, 0.4) is 0 Å². The van der Waals surface area contributed by atoms with E-state index < -0.39 is 23.9 Å². The van der Waals surface area contributed by atoms with Crippen LogP contribution in [0, 0.1) is 11.7 Å². The first kappa shape index (κ1) is 25.2. The van der Waals surface area contributed by atoms with Gasteiger partial charge >= 0.3 is 0 Å². The first-order chi connectivity index (χ1) is 17.3. The van der Waals surface area contributed by atoms with E-state index >= 15 is 0 Å². The standard InChI is InChI=1S/C27H29FN4O4/c1-17-14-32(18(2)16-33)27(35)22-11-20(19-7-6-10-29-12-19)13-30-25(22)36-24(17)15-31(3)26(34)21-8-4-5-9-23(21)28/h4-13,17-18,24,33H,14-16H2,1-3H3/t17-,18-,24+/m0/s1. The summed E-state index contributed by atoms with van der Waals surface area (Å²) in [6, 6.07) is 10.8. The van der Waals surface area contributed by atoms with Gasteiger partial charge in [-0.05, 0) is 31.2 Å². The number of amides is 2. The Morgan fingerprint density at radius 1 is 1.25 bits per heavy atom. The highest BCUT2D eigenvalue weighted by Gasteiger charge is 2.35. The average molecular weight is 493 g/mol. The molecule has 3 heterocycles. The molecular weight excluding hydrogens is 463 g/mol. The largest absolute Gasteiger partial charge is 0.472 e. The molecule has 1 aliphatic heterocycles. The minimum Gasteiger partial charge on any atom is -0.472 e. The molecule has 188 valence electrons. The van der Waals surface area contributed by atoms with Crippen LogP contribution in [0.5, 0.6) is 5.88 Å². The molecule has 0 aliphatic carbocycles. The smallest absolute Gasteiger partial charge is 0.259 e. The van der Waals surface area contributed by atoms with Gasteiger partial charge in [-0.1, -0.05) is 25.1 Å². The number of halogens is 1. The number of likely N-dealkylation sites (N-methyl/N-ethyl adjacent to an activating group) is 1. The molecule has 0 bridgehead atoms. The third-order valence-electron chi connectivity index (χ3n) is 6.42. The van der Waals surface area contributed by atoms with Crippen molar-refractivity contribution in [3.05, 3.63) is 78.0 Å². The quantitative estimate of drug-likeness (QED) is 0.568. The highest BCUT2D eigenvalue weighted by Crippen LogP contribution is 2.30. The summed E-state index contributed by atoms with van der Waals surface area (Å²) >= 11 is 0. The summed E-state index contributed by atoms with van der Waals surface area (Å²) in [7, 11) is 1.59. The van der Waals surface area contributed by atoms with Gasteiger partial charge in [-0.25, -0.2) is 9.37 Å². The number of aliphatic hydroxyl groups excluding tert-OH is 1. The van der Waals surface area contributed by atoms with Crippen molar-refractivity contribution in [3.8, 4) is 17.0 Å². The Labute approximate surface area is 209 Å². The van der Waals surface area contributed by atoms with Gasteiger partial charge in [-0.15, -0.1) is 0 Å². The summed E-state index contributed by atoms with van der Waals surface area (Å²) in [6.45, 7) is 3.92. The van der Waals surface area contributed by atoms with Gasteiger partial charge in [0, 0.05) is 49.2 Å².